The fourth-order valence-electron chi connectivity index (χ4n) is 2.60. The van der Waals surface area contributed by atoms with Crippen molar-refractivity contribution in [1.82, 2.24) is 10.3 Å². The molecule has 0 radical (unpaired) electrons. The zero-order chi connectivity index (χ0) is 15.4. The van der Waals surface area contributed by atoms with E-state index in [0.29, 0.717) is 11.7 Å². The first-order valence-corrected chi connectivity index (χ1v) is 8.22. The Morgan fingerprint density at radius 2 is 2.23 bits per heavy atom. The van der Waals surface area contributed by atoms with Crippen LogP contribution in [0.2, 0.25) is 0 Å². The van der Waals surface area contributed by atoms with Gasteiger partial charge in [0, 0.05) is 31.5 Å². The standard InChI is InChI=1S/C16H19N3O2S/c1-11(20)18-16-19-13(10-22-16)9-17-14-7-8-21-15(14)12-5-3-2-4-6-12/h2-6,10,14-15,17H,7-9H2,1H3,(H,18,19,20). The van der Waals surface area contributed by atoms with Crippen LogP contribution < -0.4 is 10.6 Å². The molecular weight excluding hydrogens is 298 g/mol. The molecule has 0 saturated carbocycles. The Morgan fingerprint density at radius 1 is 1.41 bits per heavy atom. The number of nitrogens with one attached hydrogen (secondary N) is 2. The van der Waals surface area contributed by atoms with Crippen molar-refractivity contribution in [2.45, 2.75) is 32.0 Å². The summed E-state index contributed by atoms with van der Waals surface area (Å²) in [5, 5.41) is 8.83. The molecule has 2 unspecified atom stereocenters. The van der Waals surface area contributed by atoms with Crippen molar-refractivity contribution < 1.29 is 9.53 Å². The molecular formula is C16H19N3O2S. The van der Waals surface area contributed by atoms with E-state index in [-0.39, 0.29) is 18.1 Å². The molecule has 22 heavy (non-hydrogen) atoms. The zero-order valence-electron chi connectivity index (χ0n) is 12.4. The summed E-state index contributed by atoms with van der Waals surface area (Å²) in [5.41, 5.74) is 2.14. The average Bonchev–Trinajstić information content (AvgIpc) is 3.14. The van der Waals surface area contributed by atoms with Gasteiger partial charge in [-0.25, -0.2) is 4.98 Å². The predicted molar refractivity (Wildman–Crippen MR) is 86.8 cm³/mol. The molecule has 2 atom stereocenters. The summed E-state index contributed by atoms with van der Waals surface area (Å²) in [6, 6.07) is 10.6. The first-order valence-electron chi connectivity index (χ1n) is 7.34. The van der Waals surface area contributed by atoms with Crippen molar-refractivity contribution >= 4 is 22.4 Å². The molecule has 116 valence electrons. The molecule has 1 fully saturated rings. The highest BCUT2D eigenvalue weighted by Gasteiger charge is 2.29. The van der Waals surface area contributed by atoms with Crippen LogP contribution in [0.25, 0.3) is 0 Å². The lowest BCUT2D eigenvalue weighted by Gasteiger charge is -2.19. The molecule has 1 aromatic carbocycles. The average molecular weight is 317 g/mol. The number of carbonyl (C=O) groups excluding carboxylic acids is 1. The molecule has 1 amide bonds. The van der Waals surface area contributed by atoms with Crippen molar-refractivity contribution in [3.63, 3.8) is 0 Å². The maximum Gasteiger partial charge on any atom is 0.223 e. The number of aromatic nitrogens is 1. The Labute approximate surface area is 133 Å². The van der Waals surface area contributed by atoms with Crippen LogP contribution in [0.3, 0.4) is 0 Å². The van der Waals surface area contributed by atoms with Crippen molar-refractivity contribution in [2.75, 3.05) is 11.9 Å². The summed E-state index contributed by atoms with van der Waals surface area (Å²) in [4.78, 5) is 15.4. The van der Waals surface area contributed by atoms with Crippen molar-refractivity contribution in [3.05, 3.63) is 47.0 Å². The zero-order valence-corrected chi connectivity index (χ0v) is 13.2. The fourth-order valence-corrected chi connectivity index (χ4v) is 3.36. The van der Waals surface area contributed by atoms with Crippen LogP contribution >= 0.6 is 11.3 Å². The van der Waals surface area contributed by atoms with E-state index in [4.69, 9.17) is 4.74 Å². The predicted octanol–water partition coefficient (Wildman–Crippen LogP) is 2.72. The van der Waals surface area contributed by atoms with Crippen molar-refractivity contribution in [3.8, 4) is 0 Å². The molecule has 1 aromatic heterocycles. The highest BCUT2D eigenvalue weighted by molar-refractivity contribution is 7.13. The van der Waals surface area contributed by atoms with Gasteiger partial charge in [-0.05, 0) is 12.0 Å². The number of nitrogens with zero attached hydrogens (tertiary/aromatic N) is 1. The number of carbonyl (C=O) groups is 1. The minimum Gasteiger partial charge on any atom is -0.372 e. The molecule has 1 aliphatic heterocycles. The minimum absolute atomic E-state index is 0.0923. The third-order valence-corrected chi connectivity index (χ3v) is 4.41. The van der Waals surface area contributed by atoms with Gasteiger partial charge in [0.1, 0.15) is 0 Å². The SMILES string of the molecule is CC(=O)Nc1nc(CNC2CCOC2c2ccccc2)cs1. The Bertz CT molecular complexity index is 629. The quantitative estimate of drug-likeness (QED) is 0.890. The van der Waals surface area contributed by atoms with E-state index in [9.17, 15) is 4.79 Å². The number of hydrogen-bond donors (Lipinski definition) is 2. The summed E-state index contributed by atoms with van der Waals surface area (Å²) >= 11 is 1.44. The van der Waals surface area contributed by atoms with E-state index in [1.807, 2.05) is 23.6 Å². The smallest absolute Gasteiger partial charge is 0.223 e. The van der Waals surface area contributed by atoms with E-state index in [2.05, 4.69) is 27.8 Å². The van der Waals surface area contributed by atoms with Gasteiger partial charge in [-0.2, -0.15) is 0 Å². The lowest BCUT2D eigenvalue weighted by atomic mass is 10.0. The van der Waals surface area contributed by atoms with Crippen molar-refractivity contribution in [1.29, 1.82) is 0 Å². The molecule has 1 saturated heterocycles. The number of thiazole rings is 1. The fraction of sp³-hybridized carbons (Fsp3) is 0.375. The lowest BCUT2D eigenvalue weighted by Crippen LogP contribution is -2.31. The maximum absolute atomic E-state index is 11.0. The summed E-state index contributed by atoms with van der Waals surface area (Å²) in [5.74, 6) is -0.0952. The minimum atomic E-state index is -0.0952. The molecule has 5 nitrogen and oxygen atoms in total. The number of amides is 1. The second kappa shape index (κ2) is 7.00. The van der Waals surface area contributed by atoms with Gasteiger partial charge in [-0.3, -0.25) is 4.79 Å². The second-order valence-electron chi connectivity index (χ2n) is 5.30. The third-order valence-electron chi connectivity index (χ3n) is 3.60. The number of benzene rings is 1. The summed E-state index contributed by atoms with van der Waals surface area (Å²) in [7, 11) is 0. The second-order valence-corrected chi connectivity index (χ2v) is 6.16. The molecule has 3 rings (SSSR count). The lowest BCUT2D eigenvalue weighted by molar-refractivity contribution is -0.114. The Morgan fingerprint density at radius 3 is 3.00 bits per heavy atom. The maximum atomic E-state index is 11.0. The summed E-state index contributed by atoms with van der Waals surface area (Å²) in [6.07, 6.45) is 1.08. The van der Waals surface area contributed by atoms with Crippen molar-refractivity contribution in [2.24, 2.45) is 0 Å². The van der Waals surface area contributed by atoms with Crippen LogP contribution in [0.4, 0.5) is 5.13 Å². The first-order chi connectivity index (χ1) is 10.7. The Kier molecular flexibility index (Phi) is 4.82. The van der Waals surface area contributed by atoms with E-state index in [1.165, 1.54) is 23.8 Å². The van der Waals surface area contributed by atoms with Crippen LogP contribution in [-0.2, 0) is 16.1 Å². The number of ether oxygens (including phenoxy) is 1. The highest BCUT2D eigenvalue weighted by Crippen LogP contribution is 2.29. The van der Waals surface area contributed by atoms with Gasteiger partial charge in [-0.15, -0.1) is 11.3 Å². The number of rotatable bonds is 5. The van der Waals surface area contributed by atoms with E-state index >= 15 is 0 Å². The Balaban J connectivity index is 1.58. The van der Waals surface area contributed by atoms with Crippen LogP contribution in [0.1, 0.15) is 30.7 Å². The van der Waals surface area contributed by atoms with Gasteiger partial charge in [-0.1, -0.05) is 30.3 Å². The molecule has 0 aliphatic carbocycles. The van der Waals surface area contributed by atoms with Gasteiger partial charge in [0.05, 0.1) is 11.8 Å². The van der Waals surface area contributed by atoms with Gasteiger partial charge in [0.15, 0.2) is 5.13 Å². The molecule has 1 aliphatic rings. The number of anilines is 1. The summed E-state index contributed by atoms with van der Waals surface area (Å²) < 4.78 is 5.86. The first kappa shape index (κ1) is 15.1. The monoisotopic (exact) mass is 317 g/mol. The molecule has 0 bridgehead atoms. The van der Waals surface area contributed by atoms with Crippen LogP contribution in [0.15, 0.2) is 35.7 Å². The molecule has 2 N–H and O–H groups in total. The molecule has 2 aromatic rings. The van der Waals surface area contributed by atoms with E-state index in [1.54, 1.807) is 0 Å². The van der Waals surface area contributed by atoms with Gasteiger partial charge >= 0.3 is 0 Å². The molecule has 2 heterocycles. The number of hydrogen-bond acceptors (Lipinski definition) is 5. The molecule has 6 heteroatoms. The van der Waals surface area contributed by atoms with E-state index < -0.39 is 0 Å². The third kappa shape index (κ3) is 3.71. The van der Waals surface area contributed by atoms with Crippen LogP contribution in [-0.4, -0.2) is 23.5 Å². The highest BCUT2D eigenvalue weighted by atomic mass is 32.1. The Hall–Kier alpha value is -1.76. The normalized spacial score (nSPS) is 21.0. The van der Waals surface area contributed by atoms with Gasteiger partial charge in [0.2, 0.25) is 5.91 Å². The van der Waals surface area contributed by atoms with Gasteiger partial charge in [0.25, 0.3) is 0 Å². The molecule has 0 spiro atoms. The van der Waals surface area contributed by atoms with Crippen LogP contribution in [0.5, 0.6) is 0 Å². The topological polar surface area (TPSA) is 63.2 Å². The largest absolute Gasteiger partial charge is 0.372 e. The van der Waals surface area contributed by atoms with E-state index in [0.717, 1.165) is 18.7 Å². The summed E-state index contributed by atoms with van der Waals surface area (Å²) in [6.45, 7) is 2.93. The van der Waals surface area contributed by atoms with Crippen LogP contribution in [0, 0.1) is 0 Å². The van der Waals surface area contributed by atoms with Gasteiger partial charge < -0.3 is 15.4 Å².